The maximum absolute atomic E-state index is 12.8. The Hall–Kier alpha value is -2.15. The van der Waals surface area contributed by atoms with Gasteiger partial charge in [-0.15, -0.1) is 11.3 Å². The van der Waals surface area contributed by atoms with E-state index in [9.17, 15) is 14.4 Å². The van der Waals surface area contributed by atoms with Crippen LogP contribution in [0.3, 0.4) is 0 Å². The highest BCUT2D eigenvalue weighted by atomic mass is 32.1. The van der Waals surface area contributed by atoms with Gasteiger partial charge in [-0.3, -0.25) is 14.2 Å². The van der Waals surface area contributed by atoms with Gasteiger partial charge in [-0.25, -0.2) is 4.79 Å². The van der Waals surface area contributed by atoms with Gasteiger partial charge in [0, 0.05) is 23.7 Å². The normalized spacial score (nSPS) is 17.9. The van der Waals surface area contributed by atoms with Crippen LogP contribution in [0.4, 0.5) is 0 Å². The van der Waals surface area contributed by atoms with Crippen molar-refractivity contribution in [2.45, 2.75) is 45.2 Å². The van der Waals surface area contributed by atoms with Crippen LogP contribution in [0.25, 0.3) is 0 Å². The molecule has 24 heavy (non-hydrogen) atoms. The van der Waals surface area contributed by atoms with Crippen molar-refractivity contribution in [2.24, 2.45) is 0 Å². The largest absolute Gasteiger partial charge is 0.335 e. The second kappa shape index (κ2) is 7.17. The van der Waals surface area contributed by atoms with Crippen LogP contribution < -0.4 is 11.2 Å². The summed E-state index contributed by atoms with van der Waals surface area (Å²) in [6.45, 7) is 2.91. The van der Waals surface area contributed by atoms with Gasteiger partial charge in [-0.1, -0.05) is 13.0 Å². The van der Waals surface area contributed by atoms with Crippen LogP contribution in [0.2, 0.25) is 0 Å². The van der Waals surface area contributed by atoms with Gasteiger partial charge in [0.05, 0.1) is 6.54 Å². The predicted molar refractivity (Wildman–Crippen MR) is 93.7 cm³/mol. The Labute approximate surface area is 143 Å². The van der Waals surface area contributed by atoms with Crippen molar-refractivity contribution in [3.05, 3.63) is 55.0 Å². The van der Waals surface area contributed by atoms with Crippen LogP contribution >= 0.6 is 11.3 Å². The molecule has 128 valence electrons. The van der Waals surface area contributed by atoms with Gasteiger partial charge in [-0.2, -0.15) is 0 Å². The number of aromatic nitrogens is 2. The second-order valence-corrected chi connectivity index (χ2v) is 7.07. The van der Waals surface area contributed by atoms with Gasteiger partial charge in [0.2, 0.25) is 0 Å². The minimum absolute atomic E-state index is 0.0477. The van der Waals surface area contributed by atoms with Gasteiger partial charge in [0.1, 0.15) is 5.56 Å². The van der Waals surface area contributed by atoms with E-state index in [-0.39, 0.29) is 24.1 Å². The summed E-state index contributed by atoms with van der Waals surface area (Å²) in [6, 6.07) is 3.90. The molecule has 1 saturated heterocycles. The minimum atomic E-state index is -0.516. The van der Waals surface area contributed by atoms with Crippen molar-refractivity contribution in [1.29, 1.82) is 0 Å². The number of carbonyl (C=O) groups is 1. The number of piperidine rings is 1. The first-order valence-electron chi connectivity index (χ1n) is 8.27. The molecule has 1 N–H and O–H groups in total. The summed E-state index contributed by atoms with van der Waals surface area (Å²) in [5.41, 5.74) is -0.959. The van der Waals surface area contributed by atoms with Crippen molar-refractivity contribution in [1.82, 2.24) is 14.5 Å². The molecule has 1 aliphatic heterocycles. The maximum atomic E-state index is 12.8. The lowest BCUT2D eigenvalue weighted by Crippen LogP contribution is -2.47. The van der Waals surface area contributed by atoms with E-state index >= 15 is 0 Å². The van der Waals surface area contributed by atoms with Gasteiger partial charge in [-0.05, 0) is 37.1 Å². The molecule has 1 unspecified atom stereocenters. The van der Waals surface area contributed by atoms with Gasteiger partial charge in [0.25, 0.3) is 11.5 Å². The molecule has 7 heteroatoms. The summed E-state index contributed by atoms with van der Waals surface area (Å²) >= 11 is 1.47. The lowest BCUT2D eigenvalue weighted by Gasteiger charge is -2.35. The quantitative estimate of drug-likeness (QED) is 0.920. The molecule has 1 amide bonds. The fourth-order valence-electron chi connectivity index (χ4n) is 3.21. The molecule has 6 nitrogen and oxygen atoms in total. The van der Waals surface area contributed by atoms with E-state index in [0.717, 1.165) is 35.1 Å². The van der Waals surface area contributed by atoms with Crippen LogP contribution in [0.15, 0.2) is 33.3 Å². The Morgan fingerprint density at radius 1 is 1.38 bits per heavy atom. The molecule has 0 bridgehead atoms. The summed E-state index contributed by atoms with van der Waals surface area (Å²) in [6.07, 6.45) is 5.16. The zero-order chi connectivity index (χ0) is 17.1. The smallest absolute Gasteiger partial charge is 0.328 e. The third-order valence-electron chi connectivity index (χ3n) is 4.54. The molecule has 0 spiro atoms. The summed E-state index contributed by atoms with van der Waals surface area (Å²) in [5.74, 6) is -0.275. The number of thiophene rings is 1. The molecule has 3 rings (SSSR count). The Morgan fingerprint density at radius 3 is 2.92 bits per heavy atom. The summed E-state index contributed by atoms with van der Waals surface area (Å²) in [7, 11) is 0. The lowest BCUT2D eigenvalue weighted by molar-refractivity contribution is 0.0605. The Kier molecular flexibility index (Phi) is 4.99. The van der Waals surface area contributed by atoms with Gasteiger partial charge >= 0.3 is 5.69 Å². The molecule has 0 radical (unpaired) electrons. The van der Waals surface area contributed by atoms with Crippen molar-refractivity contribution in [3.8, 4) is 0 Å². The highest BCUT2D eigenvalue weighted by molar-refractivity contribution is 7.09. The lowest BCUT2D eigenvalue weighted by atomic mass is 9.99. The molecule has 1 fully saturated rings. The number of rotatable bonds is 4. The van der Waals surface area contributed by atoms with E-state index in [2.05, 4.69) is 11.9 Å². The van der Waals surface area contributed by atoms with E-state index < -0.39 is 11.2 Å². The third kappa shape index (κ3) is 3.21. The number of carbonyl (C=O) groups excluding carboxylic acids is 1. The number of nitrogens with one attached hydrogen (secondary N) is 1. The van der Waals surface area contributed by atoms with E-state index in [1.54, 1.807) is 4.90 Å². The molecule has 1 aliphatic rings. The Balaban J connectivity index is 1.95. The summed E-state index contributed by atoms with van der Waals surface area (Å²) in [5, 5.41) is 1.89. The van der Waals surface area contributed by atoms with E-state index in [1.165, 1.54) is 17.5 Å². The van der Waals surface area contributed by atoms with Crippen molar-refractivity contribution >= 4 is 17.2 Å². The number of nitrogens with zero attached hydrogens (tertiary/aromatic N) is 2. The monoisotopic (exact) mass is 347 g/mol. The summed E-state index contributed by atoms with van der Waals surface area (Å²) < 4.78 is 1.10. The zero-order valence-corrected chi connectivity index (χ0v) is 14.5. The fourth-order valence-corrected chi connectivity index (χ4v) is 3.91. The van der Waals surface area contributed by atoms with Crippen LogP contribution in [-0.4, -0.2) is 32.9 Å². The van der Waals surface area contributed by atoms with Crippen molar-refractivity contribution < 1.29 is 4.79 Å². The number of H-pyrrole nitrogens is 1. The molecule has 0 aliphatic carbocycles. The zero-order valence-electron chi connectivity index (χ0n) is 13.7. The number of hydrogen-bond acceptors (Lipinski definition) is 4. The van der Waals surface area contributed by atoms with Crippen LogP contribution in [-0.2, 0) is 6.54 Å². The fraction of sp³-hybridized carbons (Fsp3) is 0.471. The molecule has 0 saturated carbocycles. The van der Waals surface area contributed by atoms with Gasteiger partial charge < -0.3 is 9.88 Å². The van der Waals surface area contributed by atoms with Crippen LogP contribution in [0, 0.1) is 0 Å². The SMILES string of the molecule is CCC1CCCCN1C(=O)c1c[nH]c(=O)n(Cc2cccs2)c1=O. The standard InChI is InChI=1S/C17H21N3O3S/c1-2-12-6-3-4-8-19(12)15(21)14-10-18-17(23)20(16(14)22)11-13-7-5-9-24-13/h5,7,9-10,12H,2-4,6,8,11H2,1H3,(H,18,23). The van der Waals surface area contributed by atoms with Crippen LogP contribution in [0.1, 0.15) is 47.8 Å². The van der Waals surface area contributed by atoms with Crippen molar-refractivity contribution in [2.75, 3.05) is 6.54 Å². The predicted octanol–water partition coefficient (Wildman–Crippen LogP) is 2.05. The summed E-state index contributed by atoms with van der Waals surface area (Å²) in [4.78, 5) is 42.8. The van der Waals surface area contributed by atoms with E-state index in [1.807, 2.05) is 17.5 Å². The third-order valence-corrected chi connectivity index (χ3v) is 5.41. The molecular weight excluding hydrogens is 326 g/mol. The van der Waals surface area contributed by atoms with Crippen molar-refractivity contribution in [3.63, 3.8) is 0 Å². The second-order valence-electron chi connectivity index (χ2n) is 6.03. The molecule has 3 heterocycles. The number of hydrogen-bond donors (Lipinski definition) is 1. The Bertz CT molecular complexity index is 822. The Morgan fingerprint density at radius 2 is 2.21 bits per heavy atom. The first kappa shape index (κ1) is 16.7. The first-order valence-corrected chi connectivity index (χ1v) is 9.15. The van der Waals surface area contributed by atoms with E-state index in [4.69, 9.17) is 0 Å². The number of amides is 1. The van der Waals surface area contributed by atoms with E-state index in [0.29, 0.717) is 6.54 Å². The average Bonchev–Trinajstić information content (AvgIpc) is 3.11. The molecular formula is C17H21N3O3S. The average molecular weight is 347 g/mol. The highest BCUT2D eigenvalue weighted by Crippen LogP contribution is 2.20. The minimum Gasteiger partial charge on any atom is -0.335 e. The van der Waals surface area contributed by atoms with Gasteiger partial charge in [0.15, 0.2) is 0 Å². The molecule has 2 aromatic rings. The number of aromatic amines is 1. The highest BCUT2D eigenvalue weighted by Gasteiger charge is 2.28. The first-order chi connectivity index (χ1) is 11.6. The van der Waals surface area contributed by atoms with Crippen LogP contribution in [0.5, 0.6) is 0 Å². The maximum Gasteiger partial charge on any atom is 0.328 e. The molecule has 1 atom stereocenters. The number of likely N-dealkylation sites (tertiary alicyclic amines) is 1. The molecule has 0 aromatic carbocycles. The topological polar surface area (TPSA) is 75.2 Å². The molecule has 2 aromatic heterocycles.